The van der Waals surface area contributed by atoms with E-state index in [2.05, 4.69) is 28.1 Å². The monoisotopic (exact) mass is 626 g/mol. The van der Waals surface area contributed by atoms with E-state index in [4.69, 9.17) is 9.72 Å². The molecule has 0 aliphatic carbocycles. The van der Waals surface area contributed by atoms with Gasteiger partial charge < -0.3 is 15.0 Å². The number of rotatable bonds is 7. The third-order valence-electron chi connectivity index (χ3n) is 6.75. The minimum atomic E-state index is -3.79. The van der Waals surface area contributed by atoms with E-state index in [0.717, 1.165) is 45.3 Å². The Morgan fingerprint density at radius 3 is 2.44 bits per heavy atom. The lowest BCUT2D eigenvalue weighted by atomic mass is 10.0. The van der Waals surface area contributed by atoms with Gasteiger partial charge in [-0.05, 0) is 79.7 Å². The minimum absolute atomic E-state index is 0. The van der Waals surface area contributed by atoms with E-state index >= 15 is 0 Å². The highest BCUT2D eigenvalue weighted by Crippen LogP contribution is 2.45. The van der Waals surface area contributed by atoms with Crippen LogP contribution in [0.2, 0.25) is 0 Å². The van der Waals surface area contributed by atoms with Crippen LogP contribution in [-0.4, -0.2) is 44.9 Å². The molecule has 6 rings (SSSR count). The molecular weight excluding hydrogens is 600 g/mol. The first-order valence-corrected chi connectivity index (χ1v) is 15.7. The molecule has 1 amide bonds. The fraction of sp³-hybridized carbons (Fsp3) is 0.172. The fourth-order valence-corrected chi connectivity index (χ4v) is 8.15. The van der Waals surface area contributed by atoms with Gasteiger partial charge in [0.1, 0.15) is 15.8 Å². The van der Waals surface area contributed by atoms with Crippen LogP contribution in [0.5, 0.6) is 5.75 Å². The maximum Gasteiger partial charge on any atom is 0.261 e. The molecule has 0 atom stereocenters. The smallest absolute Gasteiger partial charge is 0.261 e. The van der Waals surface area contributed by atoms with Gasteiger partial charge in [0.15, 0.2) is 0 Å². The highest BCUT2D eigenvalue weighted by molar-refractivity contribution is 7.92. The Morgan fingerprint density at radius 2 is 1.73 bits per heavy atom. The van der Waals surface area contributed by atoms with Crippen LogP contribution in [0.1, 0.15) is 20.8 Å². The molecule has 0 fully saturated rings. The number of aromatic nitrogens is 1. The van der Waals surface area contributed by atoms with E-state index in [-0.39, 0.29) is 23.2 Å². The maximum atomic E-state index is 13.3. The number of carbonyl (C=O) groups excluding carboxylic acids is 1. The number of methoxy groups -OCH3 is 1. The number of para-hydroxylation sites is 1. The molecule has 212 valence electrons. The molecule has 2 aromatic heterocycles. The number of benzene rings is 3. The van der Waals surface area contributed by atoms with Crippen molar-refractivity contribution in [3.8, 4) is 16.3 Å². The second-order valence-electron chi connectivity index (χ2n) is 9.49. The lowest BCUT2D eigenvalue weighted by molar-refractivity contribution is 0.102. The van der Waals surface area contributed by atoms with E-state index in [1.54, 1.807) is 59.1 Å². The van der Waals surface area contributed by atoms with Crippen molar-refractivity contribution in [2.75, 3.05) is 30.7 Å². The molecule has 5 aromatic rings. The number of hydrogen-bond donors (Lipinski definition) is 2. The van der Waals surface area contributed by atoms with Crippen LogP contribution < -0.4 is 14.8 Å². The van der Waals surface area contributed by atoms with Crippen molar-refractivity contribution >= 4 is 71.9 Å². The first kappa shape index (κ1) is 29.0. The lowest BCUT2D eigenvalue weighted by Crippen LogP contribution is -2.25. The number of fused-ring (bicyclic) bond motifs is 2. The Kier molecular flexibility index (Phi) is 8.35. The van der Waals surface area contributed by atoms with Crippen LogP contribution in [0, 0.1) is 0 Å². The summed E-state index contributed by atoms with van der Waals surface area (Å²) in [7, 11) is -0.168. The van der Waals surface area contributed by atoms with Gasteiger partial charge in [-0.1, -0.05) is 12.1 Å². The number of carbonyl (C=O) groups is 1. The topological polar surface area (TPSA) is 101 Å². The van der Waals surface area contributed by atoms with Gasteiger partial charge in [-0.15, -0.1) is 35.1 Å². The first-order chi connectivity index (χ1) is 19.3. The molecule has 0 saturated heterocycles. The summed E-state index contributed by atoms with van der Waals surface area (Å²) in [5.74, 6) is 0.304. The van der Waals surface area contributed by atoms with E-state index in [1.165, 1.54) is 29.7 Å². The molecule has 3 aromatic carbocycles. The Morgan fingerprint density at radius 1 is 1.00 bits per heavy atom. The van der Waals surface area contributed by atoms with Gasteiger partial charge in [-0.3, -0.25) is 9.52 Å². The van der Waals surface area contributed by atoms with Crippen molar-refractivity contribution in [2.24, 2.45) is 0 Å². The average molecular weight is 627 g/mol. The van der Waals surface area contributed by atoms with Gasteiger partial charge >= 0.3 is 0 Å². The van der Waals surface area contributed by atoms with Crippen LogP contribution in [0.15, 0.2) is 77.7 Å². The molecule has 41 heavy (non-hydrogen) atoms. The summed E-state index contributed by atoms with van der Waals surface area (Å²) < 4.78 is 34.3. The Balaban J connectivity index is 0.00000337. The third-order valence-corrected chi connectivity index (χ3v) is 10.3. The van der Waals surface area contributed by atoms with Crippen LogP contribution in [0.4, 0.5) is 10.7 Å². The molecule has 3 heterocycles. The molecule has 0 radical (unpaired) electrons. The van der Waals surface area contributed by atoms with Gasteiger partial charge in [0.25, 0.3) is 15.9 Å². The second kappa shape index (κ2) is 11.8. The lowest BCUT2D eigenvalue weighted by Gasteiger charge is -2.22. The standard InChI is InChI=1S/C29H26N4O4S3.ClH/c1-33-16-15-22-25(17-33)39-29(26(22)28-30-23-5-3-4-6-24(23)38-28)31-27(34)18-7-9-19(10-8-18)32-40(35,36)21-13-11-20(37-2)12-14-21;/h3-14,32H,15-17H2,1-2H3,(H,31,34);1H. The summed E-state index contributed by atoms with van der Waals surface area (Å²) >= 11 is 3.23. The highest BCUT2D eigenvalue weighted by Gasteiger charge is 2.27. The maximum absolute atomic E-state index is 13.3. The van der Waals surface area contributed by atoms with Gasteiger partial charge in [-0.25, -0.2) is 13.4 Å². The van der Waals surface area contributed by atoms with Crippen molar-refractivity contribution in [3.63, 3.8) is 0 Å². The largest absolute Gasteiger partial charge is 0.497 e. The predicted molar refractivity (Wildman–Crippen MR) is 168 cm³/mol. The number of amides is 1. The zero-order valence-corrected chi connectivity index (χ0v) is 25.5. The molecule has 0 spiro atoms. The van der Waals surface area contributed by atoms with E-state index in [1.807, 2.05) is 18.2 Å². The van der Waals surface area contributed by atoms with Gasteiger partial charge in [0.2, 0.25) is 0 Å². The summed E-state index contributed by atoms with van der Waals surface area (Å²) in [5.41, 5.74) is 3.98. The summed E-state index contributed by atoms with van der Waals surface area (Å²) in [5, 5.41) is 4.81. The second-order valence-corrected chi connectivity index (χ2v) is 13.3. The molecular formula is C29H27ClN4O4S3. The normalized spacial score (nSPS) is 13.3. The van der Waals surface area contributed by atoms with Crippen LogP contribution in [0.25, 0.3) is 20.8 Å². The number of nitrogens with one attached hydrogen (secondary N) is 2. The van der Waals surface area contributed by atoms with Crippen molar-refractivity contribution < 1.29 is 17.9 Å². The third kappa shape index (κ3) is 5.95. The van der Waals surface area contributed by atoms with E-state index in [0.29, 0.717) is 17.0 Å². The summed E-state index contributed by atoms with van der Waals surface area (Å²) in [6, 6.07) is 20.6. The van der Waals surface area contributed by atoms with Crippen molar-refractivity contribution in [2.45, 2.75) is 17.9 Å². The van der Waals surface area contributed by atoms with E-state index < -0.39 is 10.0 Å². The van der Waals surface area contributed by atoms with Crippen molar-refractivity contribution in [3.05, 3.63) is 88.8 Å². The number of halogens is 1. The van der Waals surface area contributed by atoms with Crippen molar-refractivity contribution in [1.82, 2.24) is 9.88 Å². The molecule has 0 bridgehead atoms. The first-order valence-electron chi connectivity index (χ1n) is 12.6. The predicted octanol–water partition coefficient (Wildman–Crippen LogP) is 6.50. The van der Waals surface area contributed by atoms with Crippen molar-refractivity contribution in [1.29, 1.82) is 0 Å². The number of hydrogen-bond acceptors (Lipinski definition) is 8. The number of anilines is 2. The van der Waals surface area contributed by atoms with Gasteiger partial charge in [0.05, 0.1) is 22.2 Å². The number of sulfonamides is 1. The van der Waals surface area contributed by atoms with Gasteiger partial charge in [-0.2, -0.15) is 0 Å². The summed E-state index contributed by atoms with van der Waals surface area (Å²) in [4.78, 5) is 21.9. The highest BCUT2D eigenvalue weighted by atomic mass is 35.5. The van der Waals surface area contributed by atoms with Crippen LogP contribution >= 0.6 is 35.1 Å². The van der Waals surface area contributed by atoms with Crippen LogP contribution in [-0.2, 0) is 23.0 Å². The van der Waals surface area contributed by atoms with E-state index in [9.17, 15) is 13.2 Å². The number of thiophene rings is 1. The summed E-state index contributed by atoms with van der Waals surface area (Å²) in [6.07, 6.45) is 0.895. The molecule has 0 saturated carbocycles. The fourth-order valence-electron chi connectivity index (χ4n) is 4.66. The molecule has 8 nitrogen and oxygen atoms in total. The quantitative estimate of drug-likeness (QED) is 0.214. The zero-order valence-electron chi connectivity index (χ0n) is 22.2. The SMILES string of the molecule is COc1ccc(S(=O)(=O)Nc2ccc(C(=O)Nc3sc4c(c3-c3nc5ccccc5s3)CCN(C)C4)cc2)cc1.Cl. The molecule has 0 unspecified atom stereocenters. The number of likely N-dealkylation sites (N-methyl/N-ethyl adjacent to an activating group) is 1. The zero-order chi connectivity index (χ0) is 27.9. The van der Waals surface area contributed by atoms with Gasteiger partial charge in [0, 0.05) is 34.8 Å². The molecule has 1 aliphatic rings. The summed E-state index contributed by atoms with van der Waals surface area (Å²) in [6.45, 7) is 1.78. The molecule has 1 aliphatic heterocycles. The Hall–Kier alpha value is -3.48. The molecule has 12 heteroatoms. The molecule has 2 N–H and O–H groups in total. The number of nitrogens with zero attached hydrogens (tertiary/aromatic N) is 2. The van der Waals surface area contributed by atoms with Crippen LogP contribution in [0.3, 0.4) is 0 Å². The minimum Gasteiger partial charge on any atom is -0.497 e. The Labute approximate surface area is 252 Å². The Bertz CT molecular complexity index is 1780. The number of thiazole rings is 1. The number of ether oxygens (including phenoxy) is 1. The average Bonchev–Trinajstić information content (AvgIpc) is 3.53.